The van der Waals surface area contributed by atoms with Crippen LogP contribution in [-0.4, -0.2) is 31.6 Å². The zero-order valence-electron chi connectivity index (χ0n) is 12.3. The molecule has 116 valence electrons. The highest BCUT2D eigenvalue weighted by Crippen LogP contribution is 2.27. The first-order valence-corrected chi connectivity index (χ1v) is 7.15. The molecule has 1 N–H and O–H groups in total. The molecule has 6 heteroatoms. The second-order valence-electron chi connectivity index (χ2n) is 5.26. The molecule has 1 aromatic carbocycles. The third-order valence-corrected chi connectivity index (χ3v) is 3.45. The highest BCUT2D eigenvalue weighted by molar-refractivity contribution is 5.96. The van der Waals surface area contributed by atoms with Gasteiger partial charge in [0.25, 0.3) is 5.91 Å². The number of esters is 1. The van der Waals surface area contributed by atoms with Crippen LogP contribution in [0.2, 0.25) is 0 Å². The topological polar surface area (TPSA) is 77.8 Å². The third kappa shape index (κ3) is 3.12. The first-order valence-electron chi connectivity index (χ1n) is 7.15. The maximum absolute atomic E-state index is 12.2. The van der Waals surface area contributed by atoms with Gasteiger partial charge in [-0.15, -0.1) is 0 Å². The molecule has 0 atom stereocenters. The molecule has 0 unspecified atom stereocenters. The Hall–Kier alpha value is -2.34. The number of fused-ring (bicyclic) bond motifs is 1. The van der Waals surface area contributed by atoms with Crippen molar-refractivity contribution >= 4 is 22.8 Å². The minimum atomic E-state index is -0.658. The summed E-state index contributed by atoms with van der Waals surface area (Å²) in [4.78, 5) is 23.7. The van der Waals surface area contributed by atoms with Gasteiger partial charge in [-0.2, -0.15) is 0 Å². The second-order valence-corrected chi connectivity index (χ2v) is 5.26. The Labute approximate surface area is 127 Å². The van der Waals surface area contributed by atoms with Gasteiger partial charge in [-0.25, -0.2) is 4.79 Å². The molecule has 1 aliphatic rings. The highest BCUT2D eigenvalue weighted by Gasteiger charge is 2.25. The molecular weight excluding hydrogens is 286 g/mol. The van der Waals surface area contributed by atoms with Crippen molar-refractivity contribution in [2.75, 3.05) is 13.7 Å². The molecule has 0 radical (unpaired) electrons. The van der Waals surface area contributed by atoms with Crippen LogP contribution in [0.1, 0.15) is 29.0 Å². The van der Waals surface area contributed by atoms with Crippen LogP contribution in [0, 0.1) is 0 Å². The number of carbonyl (C=O) groups is 2. The van der Waals surface area contributed by atoms with Crippen molar-refractivity contribution in [3.63, 3.8) is 0 Å². The Balaban J connectivity index is 1.74. The van der Waals surface area contributed by atoms with Crippen LogP contribution < -0.4 is 5.32 Å². The van der Waals surface area contributed by atoms with Gasteiger partial charge in [0.1, 0.15) is 5.58 Å². The minimum Gasteiger partial charge on any atom is -0.450 e. The fraction of sp³-hybridized carbons (Fsp3) is 0.375. The normalized spacial score (nSPS) is 14.0. The quantitative estimate of drug-likeness (QED) is 0.826. The number of furan rings is 1. The van der Waals surface area contributed by atoms with E-state index < -0.39 is 5.97 Å². The zero-order valence-corrected chi connectivity index (χ0v) is 12.3. The fourth-order valence-corrected chi connectivity index (χ4v) is 2.24. The maximum Gasteiger partial charge on any atom is 0.375 e. The first-order chi connectivity index (χ1) is 10.7. The van der Waals surface area contributed by atoms with Crippen LogP contribution in [0.3, 0.4) is 0 Å². The average Bonchev–Trinajstić information content (AvgIpc) is 3.25. The summed E-state index contributed by atoms with van der Waals surface area (Å²) in [6.07, 6.45) is 1.97. The Bertz CT molecular complexity index is 702. The fourth-order valence-electron chi connectivity index (χ4n) is 2.24. The Morgan fingerprint density at radius 3 is 2.82 bits per heavy atom. The number of benzene rings is 1. The molecule has 0 aliphatic heterocycles. The van der Waals surface area contributed by atoms with E-state index in [1.807, 2.05) is 18.2 Å². The summed E-state index contributed by atoms with van der Waals surface area (Å²) >= 11 is 0. The summed E-state index contributed by atoms with van der Waals surface area (Å²) in [5.41, 5.74) is 1.22. The SMILES string of the molecule is COCc1c(C(=O)OCC(=O)NC2CC2)oc2ccccc12. The number of methoxy groups -OCH3 is 1. The lowest BCUT2D eigenvalue weighted by Crippen LogP contribution is -2.30. The molecule has 1 fully saturated rings. The van der Waals surface area contributed by atoms with Crippen molar-refractivity contribution in [1.29, 1.82) is 0 Å². The van der Waals surface area contributed by atoms with E-state index in [-0.39, 0.29) is 30.9 Å². The van der Waals surface area contributed by atoms with Crippen molar-refractivity contribution in [3.8, 4) is 0 Å². The smallest absolute Gasteiger partial charge is 0.375 e. The van der Waals surface area contributed by atoms with Crippen molar-refractivity contribution in [2.24, 2.45) is 0 Å². The van der Waals surface area contributed by atoms with E-state index in [0.29, 0.717) is 11.1 Å². The van der Waals surface area contributed by atoms with Crippen LogP contribution in [0.25, 0.3) is 11.0 Å². The van der Waals surface area contributed by atoms with Crippen LogP contribution >= 0.6 is 0 Å². The molecule has 0 bridgehead atoms. The van der Waals surface area contributed by atoms with Crippen molar-refractivity contribution in [1.82, 2.24) is 5.32 Å². The van der Waals surface area contributed by atoms with E-state index in [1.54, 1.807) is 13.2 Å². The first kappa shape index (κ1) is 14.6. The minimum absolute atomic E-state index is 0.0854. The number of hydrogen-bond donors (Lipinski definition) is 1. The van der Waals surface area contributed by atoms with Gasteiger partial charge < -0.3 is 19.2 Å². The lowest BCUT2D eigenvalue weighted by atomic mass is 10.1. The second kappa shape index (κ2) is 6.19. The number of amides is 1. The van der Waals surface area contributed by atoms with Crippen molar-refractivity contribution < 1.29 is 23.5 Å². The van der Waals surface area contributed by atoms with Crippen LogP contribution in [0.5, 0.6) is 0 Å². The molecular formula is C16H17NO5. The van der Waals surface area contributed by atoms with Gasteiger partial charge in [0.15, 0.2) is 6.61 Å². The van der Waals surface area contributed by atoms with Crippen LogP contribution in [-0.2, 0) is 20.9 Å². The number of rotatable bonds is 6. The molecule has 0 spiro atoms. The van der Waals surface area contributed by atoms with Gasteiger partial charge in [0.2, 0.25) is 5.76 Å². The molecule has 22 heavy (non-hydrogen) atoms. The average molecular weight is 303 g/mol. The zero-order chi connectivity index (χ0) is 15.5. The summed E-state index contributed by atoms with van der Waals surface area (Å²) in [7, 11) is 1.54. The molecule has 1 aromatic heterocycles. The molecule has 1 amide bonds. The summed E-state index contributed by atoms with van der Waals surface area (Å²) in [6.45, 7) is -0.0749. The monoisotopic (exact) mass is 303 g/mol. The molecule has 1 heterocycles. The van der Waals surface area contributed by atoms with Gasteiger partial charge in [-0.05, 0) is 18.9 Å². The van der Waals surface area contributed by atoms with E-state index in [1.165, 1.54) is 0 Å². The van der Waals surface area contributed by atoms with Gasteiger partial charge in [0.05, 0.1) is 6.61 Å². The highest BCUT2D eigenvalue weighted by atomic mass is 16.5. The summed E-state index contributed by atoms with van der Waals surface area (Å²) in [5.74, 6) is -0.864. The van der Waals surface area contributed by atoms with E-state index in [9.17, 15) is 9.59 Å². The molecule has 1 saturated carbocycles. The van der Waals surface area contributed by atoms with E-state index in [2.05, 4.69) is 5.32 Å². The number of hydrogen-bond acceptors (Lipinski definition) is 5. The lowest BCUT2D eigenvalue weighted by molar-refractivity contribution is -0.124. The Morgan fingerprint density at radius 1 is 1.32 bits per heavy atom. The van der Waals surface area contributed by atoms with Gasteiger partial charge >= 0.3 is 5.97 Å². The van der Waals surface area contributed by atoms with E-state index >= 15 is 0 Å². The Kier molecular flexibility index (Phi) is 4.11. The largest absolute Gasteiger partial charge is 0.450 e. The number of para-hydroxylation sites is 1. The molecule has 0 saturated heterocycles. The Morgan fingerprint density at radius 2 is 2.09 bits per heavy atom. The molecule has 1 aliphatic carbocycles. The summed E-state index contributed by atoms with van der Waals surface area (Å²) in [6, 6.07) is 7.53. The van der Waals surface area contributed by atoms with Crippen LogP contribution in [0.4, 0.5) is 0 Å². The number of ether oxygens (including phenoxy) is 2. The summed E-state index contributed by atoms with van der Waals surface area (Å²) in [5, 5.41) is 3.56. The van der Waals surface area contributed by atoms with E-state index in [0.717, 1.165) is 18.2 Å². The molecule has 3 rings (SSSR count). The van der Waals surface area contributed by atoms with Gasteiger partial charge in [-0.1, -0.05) is 18.2 Å². The standard InChI is InChI=1S/C16H17NO5/c1-20-8-12-11-4-2-3-5-13(11)22-15(12)16(19)21-9-14(18)17-10-6-7-10/h2-5,10H,6-9H2,1H3,(H,17,18). The summed E-state index contributed by atoms with van der Waals surface area (Å²) < 4.78 is 15.7. The van der Waals surface area contributed by atoms with Gasteiger partial charge in [0, 0.05) is 24.1 Å². The number of nitrogens with one attached hydrogen (secondary N) is 1. The maximum atomic E-state index is 12.2. The number of carbonyl (C=O) groups excluding carboxylic acids is 2. The predicted molar refractivity (Wildman–Crippen MR) is 78.4 cm³/mol. The third-order valence-electron chi connectivity index (χ3n) is 3.45. The molecule has 2 aromatic rings. The molecule has 6 nitrogen and oxygen atoms in total. The van der Waals surface area contributed by atoms with Crippen LogP contribution in [0.15, 0.2) is 28.7 Å². The predicted octanol–water partition coefficient (Wildman–Crippen LogP) is 2.01. The van der Waals surface area contributed by atoms with Crippen molar-refractivity contribution in [2.45, 2.75) is 25.5 Å². The van der Waals surface area contributed by atoms with E-state index in [4.69, 9.17) is 13.9 Å². The van der Waals surface area contributed by atoms with Crippen molar-refractivity contribution in [3.05, 3.63) is 35.6 Å². The van der Waals surface area contributed by atoms with Gasteiger partial charge in [-0.3, -0.25) is 4.79 Å². The lowest BCUT2D eigenvalue weighted by Gasteiger charge is -2.05.